The second-order valence-corrected chi connectivity index (χ2v) is 7.48. The molecule has 1 atom stereocenters. The van der Waals surface area contributed by atoms with E-state index < -0.39 is 23.9 Å². The number of carbonyl (C=O) groups excluding carboxylic acids is 3. The van der Waals surface area contributed by atoms with Gasteiger partial charge in [-0.3, -0.25) is 9.69 Å². The Balaban J connectivity index is 2.97. The monoisotopic (exact) mass is 446 g/mol. The highest BCUT2D eigenvalue weighted by atomic mass is 32.1. The fraction of sp³-hybridized carbons (Fsp3) is 0.632. The standard InChI is InChI=1S/C19H30N2O8S/c1-6-28-18(24)15-12(2)16(19(25)29-8-7-26-4)30-17(15)20-14(23)10-21(3)9-13(22)11-27-5/h13,22H,6-11H2,1-5H3,(H,20,23)/t13-/m1/s1. The van der Waals surface area contributed by atoms with Crippen LogP contribution in [0.3, 0.4) is 0 Å². The van der Waals surface area contributed by atoms with Gasteiger partial charge >= 0.3 is 11.9 Å². The number of esters is 2. The van der Waals surface area contributed by atoms with E-state index in [1.165, 1.54) is 14.2 Å². The molecule has 10 nitrogen and oxygen atoms in total. The molecule has 1 aromatic heterocycles. The van der Waals surface area contributed by atoms with Crippen LogP contribution >= 0.6 is 11.3 Å². The molecule has 1 heterocycles. The largest absolute Gasteiger partial charge is 0.462 e. The Morgan fingerprint density at radius 1 is 1.13 bits per heavy atom. The van der Waals surface area contributed by atoms with E-state index in [-0.39, 0.29) is 55.0 Å². The molecule has 0 saturated carbocycles. The van der Waals surface area contributed by atoms with Gasteiger partial charge in [0.15, 0.2) is 0 Å². The van der Waals surface area contributed by atoms with Gasteiger partial charge in [-0.05, 0) is 26.5 Å². The van der Waals surface area contributed by atoms with Crippen LogP contribution in [0, 0.1) is 6.92 Å². The molecule has 11 heteroatoms. The molecule has 2 N–H and O–H groups in total. The van der Waals surface area contributed by atoms with E-state index >= 15 is 0 Å². The molecule has 0 spiro atoms. The first-order valence-corrected chi connectivity index (χ1v) is 10.2. The predicted molar refractivity (Wildman–Crippen MR) is 111 cm³/mol. The lowest BCUT2D eigenvalue weighted by Gasteiger charge is -2.19. The lowest BCUT2D eigenvalue weighted by molar-refractivity contribution is -0.117. The molecule has 0 aliphatic carbocycles. The Labute approximate surface area is 180 Å². The van der Waals surface area contributed by atoms with Crippen molar-refractivity contribution in [1.82, 2.24) is 4.90 Å². The van der Waals surface area contributed by atoms with Crippen LogP contribution in [0.4, 0.5) is 5.00 Å². The molecule has 0 fully saturated rings. The van der Waals surface area contributed by atoms with Crippen LogP contribution in [0.1, 0.15) is 32.5 Å². The number of thiophene rings is 1. The highest BCUT2D eigenvalue weighted by Gasteiger charge is 2.27. The molecule has 30 heavy (non-hydrogen) atoms. The smallest absolute Gasteiger partial charge is 0.348 e. The van der Waals surface area contributed by atoms with Gasteiger partial charge in [0.2, 0.25) is 5.91 Å². The lowest BCUT2D eigenvalue weighted by atomic mass is 10.1. The molecule has 1 amide bonds. The molecule has 0 saturated heterocycles. The van der Waals surface area contributed by atoms with Crippen LogP contribution < -0.4 is 5.32 Å². The number of carbonyl (C=O) groups is 3. The number of nitrogens with zero attached hydrogens (tertiary/aromatic N) is 1. The van der Waals surface area contributed by atoms with Crippen LogP contribution in [0.15, 0.2) is 0 Å². The van der Waals surface area contributed by atoms with Gasteiger partial charge < -0.3 is 29.4 Å². The molecule has 1 rings (SSSR count). The Kier molecular flexibility index (Phi) is 11.5. The maximum Gasteiger partial charge on any atom is 0.348 e. The zero-order valence-corrected chi connectivity index (χ0v) is 18.8. The SMILES string of the molecule is CCOC(=O)c1c(NC(=O)CN(C)C[C@@H](O)COC)sc(C(=O)OCCOC)c1C. The number of hydrogen-bond donors (Lipinski definition) is 2. The number of likely N-dealkylation sites (N-methyl/N-ethyl adjacent to an activating group) is 1. The van der Waals surface area contributed by atoms with Crippen LogP contribution in [0.5, 0.6) is 0 Å². The molecule has 0 aromatic carbocycles. The van der Waals surface area contributed by atoms with Crippen molar-refractivity contribution in [1.29, 1.82) is 0 Å². The maximum atomic E-state index is 12.5. The van der Waals surface area contributed by atoms with Crippen LogP contribution in [-0.2, 0) is 23.7 Å². The summed E-state index contributed by atoms with van der Waals surface area (Å²) in [5.74, 6) is -1.66. The Morgan fingerprint density at radius 2 is 1.83 bits per heavy atom. The Morgan fingerprint density at radius 3 is 2.43 bits per heavy atom. The van der Waals surface area contributed by atoms with Crippen molar-refractivity contribution in [2.75, 3.05) is 66.1 Å². The van der Waals surface area contributed by atoms with Crippen LogP contribution in [0.2, 0.25) is 0 Å². The van der Waals surface area contributed by atoms with Crippen molar-refractivity contribution in [3.8, 4) is 0 Å². The molecular formula is C19H30N2O8S. The number of aliphatic hydroxyl groups excluding tert-OH is 1. The van der Waals surface area contributed by atoms with E-state index in [1.807, 2.05) is 0 Å². The van der Waals surface area contributed by atoms with Crippen molar-refractivity contribution < 1.29 is 38.4 Å². The highest BCUT2D eigenvalue weighted by molar-refractivity contribution is 7.18. The van der Waals surface area contributed by atoms with Crippen LogP contribution in [0.25, 0.3) is 0 Å². The lowest BCUT2D eigenvalue weighted by Crippen LogP contribution is -2.37. The summed E-state index contributed by atoms with van der Waals surface area (Å²) >= 11 is 0.948. The highest BCUT2D eigenvalue weighted by Crippen LogP contribution is 2.34. The number of methoxy groups -OCH3 is 2. The van der Waals surface area contributed by atoms with E-state index in [0.29, 0.717) is 5.56 Å². The number of rotatable bonds is 13. The summed E-state index contributed by atoms with van der Waals surface area (Å²) in [5, 5.41) is 12.6. The van der Waals surface area contributed by atoms with E-state index in [1.54, 1.807) is 25.8 Å². The molecule has 0 aliphatic rings. The third-order valence-corrected chi connectivity index (χ3v) is 5.07. The third-order valence-electron chi connectivity index (χ3n) is 3.88. The van der Waals surface area contributed by atoms with Gasteiger partial charge in [0, 0.05) is 20.8 Å². The van der Waals surface area contributed by atoms with Crippen molar-refractivity contribution in [2.45, 2.75) is 20.0 Å². The zero-order chi connectivity index (χ0) is 22.7. The van der Waals surface area contributed by atoms with Gasteiger partial charge in [-0.1, -0.05) is 0 Å². The normalized spacial score (nSPS) is 12.0. The summed E-state index contributed by atoms with van der Waals surface area (Å²) in [6, 6.07) is 0. The first-order valence-electron chi connectivity index (χ1n) is 9.37. The summed E-state index contributed by atoms with van der Waals surface area (Å²) in [4.78, 5) is 39.0. The topological polar surface area (TPSA) is 124 Å². The number of anilines is 1. The van der Waals surface area contributed by atoms with Crippen LogP contribution in [-0.4, -0.2) is 94.7 Å². The Hall–Kier alpha value is -2.05. The first-order chi connectivity index (χ1) is 14.2. The quantitative estimate of drug-likeness (QED) is 0.336. The van der Waals surface area contributed by atoms with Crippen molar-refractivity contribution in [3.63, 3.8) is 0 Å². The van der Waals surface area contributed by atoms with E-state index in [0.717, 1.165) is 11.3 Å². The summed E-state index contributed by atoms with van der Waals surface area (Å²) in [7, 11) is 4.63. The Bertz CT molecular complexity index is 722. The summed E-state index contributed by atoms with van der Waals surface area (Å²) in [6.07, 6.45) is -0.736. The maximum absolute atomic E-state index is 12.5. The minimum atomic E-state index is -0.736. The molecule has 0 bridgehead atoms. The number of hydrogen-bond acceptors (Lipinski definition) is 10. The van der Waals surface area contributed by atoms with E-state index in [2.05, 4.69) is 5.32 Å². The average Bonchev–Trinajstić information content (AvgIpc) is 2.97. The van der Waals surface area contributed by atoms with Gasteiger partial charge in [-0.25, -0.2) is 9.59 Å². The zero-order valence-electron chi connectivity index (χ0n) is 18.0. The van der Waals surface area contributed by atoms with Crippen molar-refractivity contribution >= 4 is 34.2 Å². The average molecular weight is 447 g/mol. The molecule has 0 radical (unpaired) electrons. The number of amides is 1. The fourth-order valence-electron chi connectivity index (χ4n) is 2.61. The van der Waals surface area contributed by atoms with E-state index in [9.17, 15) is 19.5 Å². The summed E-state index contributed by atoms with van der Waals surface area (Å²) < 4.78 is 19.9. The third kappa shape index (κ3) is 8.00. The predicted octanol–water partition coefficient (Wildman–Crippen LogP) is 0.914. The second kappa shape index (κ2) is 13.3. The van der Waals surface area contributed by atoms with Gasteiger partial charge in [0.1, 0.15) is 16.5 Å². The van der Waals surface area contributed by atoms with Crippen molar-refractivity contribution in [2.24, 2.45) is 0 Å². The minimum absolute atomic E-state index is 0.0341. The number of ether oxygens (including phenoxy) is 4. The molecule has 0 unspecified atom stereocenters. The number of nitrogens with one attached hydrogen (secondary N) is 1. The number of aliphatic hydroxyl groups is 1. The van der Waals surface area contributed by atoms with E-state index in [4.69, 9.17) is 18.9 Å². The molecular weight excluding hydrogens is 416 g/mol. The minimum Gasteiger partial charge on any atom is -0.462 e. The van der Waals surface area contributed by atoms with Gasteiger partial charge in [0.25, 0.3) is 0 Å². The molecule has 1 aromatic rings. The fourth-order valence-corrected chi connectivity index (χ4v) is 3.71. The molecule has 170 valence electrons. The molecule has 0 aliphatic heterocycles. The first kappa shape index (κ1) is 26.0. The summed E-state index contributed by atoms with van der Waals surface area (Å²) in [5.41, 5.74) is 0.496. The van der Waals surface area contributed by atoms with Gasteiger partial charge in [-0.15, -0.1) is 11.3 Å². The van der Waals surface area contributed by atoms with Gasteiger partial charge in [-0.2, -0.15) is 0 Å². The van der Waals surface area contributed by atoms with Crippen molar-refractivity contribution in [3.05, 3.63) is 16.0 Å². The summed E-state index contributed by atoms with van der Waals surface area (Å²) in [6.45, 7) is 4.06. The van der Waals surface area contributed by atoms with Gasteiger partial charge in [0.05, 0.1) is 38.0 Å². The second-order valence-electron chi connectivity index (χ2n) is 6.46.